The van der Waals surface area contributed by atoms with Crippen LogP contribution >= 0.6 is 0 Å². The summed E-state index contributed by atoms with van der Waals surface area (Å²) >= 11 is 0. The van der Waals surface area contributed by atoms with Crippen molar-refractivity contribution in [2.75, 3.05) is 14.2 Å². The molecule has 0 spiro atoms. The zero-order chi connectivity index (χ0) is 11.6. The van der Waals surface area contributed by atoms with Crippen molar-refractivity contribution in [2.45, 2.75) is 50.7 Å². The van der Waals surface area contributed by atoms with Crippen LogP contribution in [0, 0.1) is 23.7 Å². The number of methoxy groups -OCH3 is 2. The van der Waals surface area contributed by atoms with E-state index in [0.29, 0.717) is 0 Å². The molecule has 0 bridgehead atoms. The Morgan fingerprint density at radius 3 is 1.62 bits per heavy atom. The molecule has 0 N–H and O–H groups in total. The molecule has 2 heteroatoms. The van der Waals surface area contributed by atoms with Gasteiger partial charge in [0.2, 0.25) is 0 Å². The molecule has 2 unspecified atom stereocenters. The molecule has 0 amide bonds. The van der Waals surface area contributed by atoms with E-state index in [9.17, 15) is 0 Å². The average Bonchev–Trinajstić information content (AvgIpc) is 2.30. The topological polar surface area (TPSA) is 18.5 Å². The Hall–Kier alpha value is -0.960. The van der Waals surface area contributed by atoms with E-state index in [1.807, 2.05) is 0 Å². The van der Waals surface area contributed by atoms with Gasteiger partial charge in [-0.25, -0.2) is 0 Å². The fourth-order valence-corrected chi connectivity index (χ4v) is 1.60. The molecule has 0 heterocycles. The highest BCUT2D eigenvalue weighted by molar-refractivity contribution is 5.09. The highest BCUT2D eigenvalue weighted by Crippen LogP contribution is 2.08. The van der Waals surface area contributed by atoms with Crippen molar-refractivity contribution >= 4 is 0 Å². The average molecular weight is 220 g/mol. The lowest BCUT2D eigenvalue weighted by molar-refractivity contribution is 0.101. The summed E-state index contributed by atoms with van der Waals surface area (Å²) in [5, 5.41) is 0. The van der Waals surface area contributed by atoms with Crippen molar-refractivity contribution in [2.24, 2.45) is 0 Å². The Kier molecular flexibility index (Phi) is 6.74. The minimum absolute atomic E-state index is 0.0267. The molecular weight excluding hydrogens is 200 g/mol. The Bertz CT molecular complexity index is 268. The van der Waals surface area contributed by atoms with Crippen molar-refractivity contribution in [1.29, 1.82) is 0 Å². The Morgan fingerprint density at radius 1 is 0.812 bits per heavy atom. The SMILES string of the molecule is COC1C#CCCCCC#CC(OC)CC1. The normalized spacial score (nSPS) is 26.4. The molecule has 1 aliphatic carbocycles. The van der Waals surface area contributed by atoms with Crippen molar-refractivity contribution in [3.05, 3.63) is 0 Å². The Labute approximate surface area is 98.7 Å². The monoisotopic (exact) mass is 220 g/mol. The van der Waals surface area contributed by atoms with Crippen LogP contribution in [0.1, 0.15) is 38.5 Å². The molecule has 0 radical (unpaired) electrons. The predicted molar refractivity (Wildman–Crippen MR) is 64.8 cm³/mol. The van der Waals surface area contributed by atoms with Crippen LogP contribution in [0.15, 0.2) is 0 Å². The zero-order valence-corrected chi connectivity index (χ0v) is 10.2. The highest BCUT2D eigenvalue weighted by atomic mass is 16.5. The highest BCUT2D eigenvalue weighted by Gasteiger charge is 2.08. The summed E-state index contributed by atoms with van der Waals surface area (Å²) in [4.78, 5) is 0. The molecule has 16 heavy (non-hydrogen) atoms. The lowest BCUT2D eigenvalue weighted by Gasteiger charge is -2.12. The first kappa shape index (κ1) is 13.1. The molecule has 88 valence electrons. The summed E-state index contributed by atoms with van der Waals surface area (Å²) in [6, 6.07) is 0. The van der Waals surface area contributed by atoms with Crippen LogP contribution in [-0.4, -0.2) is 26.4 Å². The molecule has 0 aromatic carbocycles. The van der Waals surface area contributed by atoms with E-state index >= 15 is 0 Å². The lowest BCUT2D eigenvalue weighted by Crippen LogP contribution is -2.14. The van der Waals surface area contributed by atoms with Gasteiger partial charge in [-0.3, -0.25) is 0 Å². The molecule has 0 aromatic rings. The molecule has 1 aliphatic rings. The van der Waals surface area contributed by atoms with E-state index in [-0.39, 0.29) is 12.2 Å². The van der Waals surface area contributed by atoms with Crippen LogP contribution in [0.4, 0.5) is 0 Å². The van der Waals surface area contributed by atoms with Gasteiger partial charge in [0.15, 0.2) is 0 Å². The third-order valence-corrected chi connectivity index (χ3v) is 2.64. The Morgan fingerprint density at radius 2 is 1.25 bits per heavy atom. The van der Waals surface area contributed by atoms with Crippen molar-refractivity contribution < 1.29 is 9.47 Å². The molecule has 2 nitrogen and oxygen atoms in total. The third kappa shape index (κ3) is 5.21. The standard InChI is InChI=1S/C14H20O2/c1-15-13-9-7-5-3-4-6-8-10-14(16-2)12-11-13/h13-14H,3-6,11-12H2,1-2H3. The van der Waals surface area contributed by atoms with E-state index < -0.39 is 0 Å². The van der Waals surface area contributed by atoms with Crippen molar-refractivity contribution in [1.82, 2.24) is 0 Å². The van der Waals surface area contributed by atoms with Gasteiger partial charge in [-0.05, 0) is 25.7 Å². The first-order chi connectivity index (χ1) is 7.86. The number of hydrogen-bond acceptors (Lipinski definition) is 2. The summed E-state index contributed by atoms with van der Waals surface area (Å²) in [5.74, 6) is 12.7. The fourth-order valence-electron chi connectivity index (χ4n) is 1.60. The summed E-state index contributed by atoms with van der Waals surface area (Å²) in [5.41, 5.74) is 0. The van der Waals surface area contributed by atoms with Crippen LogP contribution in [0.25, 0.3) is 0 Å². The van der Waals surface area contributed by atoms with Crippen molar-refractivity contribution in [3.63, 3.8) is 0 Å². The molecule has 0 saturated carbocycles. The van der Waals surface area contributed by atoms with E-state index in [1.54, 1.807) is 14.2 Å². The maximum atomic E-state index is 5.31. The first-order valence-corrected chi connectivity index (χ1v) is 5.89. The van der Waals surface area contributed by atoms with Gasteiger partial charge in [-0.1, -0.05) is 11.8 Å². The van der Waals surface area contributed by atoms with Gasteiger partial charge < -0.3 is 9.47 Å². The van der Waals surface area contributed by atoms with Crippen molar-refractivity contribution in [3.8, 4) is 23.7 Å². The van der Waals surface area contributed by atoms with Gasteiger partial charge in [0.25, 0.3) is 0 Å². The van der Waals surface area contributed by atoms with Gasteiger partial charge in [-0.15, -0.1) is 11.8 Å². The molecule has 2 atom stereocenters. The molecule has 0 fully saturated rings. The fraction of sp³-hybridized carbons (Fsp3) is 0.714. The van der Waals surface area contributed by atoms with E-state index in [0.717, 1.165) is 38.5 Å². The number of hydrogen-bond donors (Lipinski definition) is 0. The minimum Gasteiger partial charge on any atom is -0.369 e. The number of ether oxygens (including phenoxy) is 2. The summed E-state index contributed by atoms with van der Waals surface area (Å²) in [7, 11) is 3.41. The molecule has 0 aromatic heterocycles. The van der Waals surface area contributed by atoms with Crippen LogP contribution in [-0.2, 0) is 9.47 Å². The van der Waals surface area contributed by atoms with E-state index in [4.69, 9.17) is 9.47 Å². The maximum Gasteiger partial charge on any atom is 0.117 e. The predicted octanol–water partition coefficient (Wildman–Crippen LogP) is 2.38. The second-order valence-electron chi connectivity index (χ2n) is 3.88. The Balaban J connectivity index is 2.56. The van der Waals surface area contributed by atoms with Crippen LogP contribution < -0.4 is 0 Å². The molecular formula is C14H20O2. The van der Waals surface area contributed by atoms with Gasteiger partial charge >= 0.3 is 0 Å². The molecule has 1 rings (SSSR count). The number of rotatable bonds is 2. The molecule has 0 saturated heterocycles. The van der Waals surface area contributed by atoms with Gasteiger partial charge in [0, 0.05) is 27.1 Å². The van der Waals surface area contributed by atoms with Crippen LogP contribution in [0.5, 0.6) is 0 Å². The summed E-state index contributed by atoms with van der Waals surface area (Å²) < 4.78 is 10.6. The third-order valence-electron chi connectivity index (χ3n) is 2.64. The largest absolute Gasteiger partial charge is 0.369 e. The molecule has 0 aliphatic heterocycles. The van der Waals surface area contributed by atoms with Crippen LogP contribution in [0.2, 0.25) is 0 Å². The van der Waals surface area contributed by atoms with Gasteiger partial charge in [0.1, 0.15) is 12.2 Å². The van der Waals surface area contributed by atoms with E-state index in [2.05, 4.69) is 23.7 Å². The van der Waals surface area contributed by atoms with Gasteiger partial charge in [-0.2, -0.15) is 0 Å². The zero-order valence-electron chi connectivity index (χ0n) is 10.2. The summed E-state index contributed by atoms with van der Waals surface area (Å²) in [6.07, 6.45) is 5.97. The van der Waals surface area contributed by atoms with Crippen LogP contribution in [0.3, 0.4) is 0 Å². The lowest BCUT2D eigenvalue weighted by atomic mass is 10.1. The minimum atomic E-state index is 0.0267. The second kappa shape index (κ2) is 8.22. The quantitative estimate of drug-likeness (QED) is 0.665. The second-order valence-corrected chi connectivity index (χ2v) is 3.88. The first-order valence-electron chi connectivity index (χ1n) is 5.89. The maximum absolute atomic E-state index is 5.31. The van der Waals surface area contributed by atoms with E-state index in [1.165, 1.54) is 0 Å². The van der Waals surface area contributed by atoms with Gasteiger partial charge in [0.05, 0.1) is 0 Å². The summed E-state index contributed by atoms with van der Waals surface area (Å²) in [6.45, 7) is 0. The smallest absolute Gasteiger partial charge is 0.117 e.